The van der Waals surface area contributed by atoms with Crippen molar-refractivity contribution >= 4 is 45.8 Å². The summed E-state index contributed by atoms with van der Waals surface area (Å²) in [7, 11) is 0. The average molecular weight is 398 g/mol. The van der Waals surface area contributed by atoms with Crippen LogP contribution in [0.2, 0.25) is 5.02 Å². The number of pyridine rings is 1. The molecule has 1 aliphatic heterocycles. The number of aromatic nitrogens is 2. The van der Waals surface area contributed by atoms with Gasteiger partial charge in [-0.25, -0.2) is 4.98 Å². The highest BCUT2D eigenvalue weighted by atomic mass is 35.5. The molecule has 0 saturated carbocycles. The van der Waals surface area contributed by atoms with Crippen molar-refractivity contribution in [2.75, 3.05) is 11.1 Å². The highest BCUT2D eigenvalue weighted by molar-refractivity contribution is 6.32. The van der Waals surface area contributed by atoms with E-state index in [4.69, 9.17) is 17.3 Å². The van der Waals surface area contributed by atoms with Crippen LogP contribution in [0.3, 0.4) is 0 Å². The van der Waals surface area contributed by atoms with Crippen molar-refractivity contribution < 1.29 is 9.59 Å². The SMILES string of the molecule is CC(C)[C@H](C(=O)Nc1cccc(N)c1)N1Cc2c(Cl)cnc3[nH]cc(c23)C1=O. The molecule has 0 saturated heterocycles. The van der Waals surface area contributed by atoms with Gasteiger partial charge in [-0.1, -0.05) is 31.5 Å². The fourth-order valence-electron chi connectivity index (χ4n) is 3.72. The van der Waals surface area contributed by atoms with Crippen LogP contribution in [-0.2, 0) is 11.3 Å². The van der Waals surface area contributed by atoms with Gasteiger partial charge in [0.25, 0.3) is 5.91 Å². The third kappa shape index (κ3) is 2.97. The number of halogens is 1. The number of nitrogens with zero attached hydrogens (tertiary/aromatic N) is 2. The minimum Gasteiger partial charge on any atom is -0.399 e. The zero-order valence-corrected chi connectivity index (χ0v) is 16.2. The Hall–Kier alpha value is -3.06. The highest BCUT2D eigenvalue weighted by Crippen LogP contribution is 2.35. The van der Waals surface area contributed by atoms with Gasteiger partial charge in [0.2, 0.25) is 5.91 Å². The van der Waals surface area contributed by atoms with Gasteiger partial charge in [0.05, 0.1) is 10.6 Å². The normalized spacial score (nSPS) is 14.6. The van der Waals surface area contributed by atoms with Gasteiger partial charge in [-0.3, -0.25) is 9.59 Å². The van der Waals surface area contributed by atoms with E-state index in [1.54, 1.807) is 41.6 Å². The Morgan fingerprint density at radius 1 is 1.39 bits per heavy atom. The second-order valence-corrected chi connectivity index (χ2v) is 7.65. The summed E-state index contributed by atoms with van der Waals surface area (Å²) in [5, 5.41) is 4.08. The number of nitrogen functional groups attached to an aromatic ring is 1. The van der Waals surface area contributed by atoms with E-state index in [0.717, 1.165) is 10.9 Å². The molecule has 0 aliphatic carbocycles. The van der Waals surface area contributed by atoms with Crippen molar-refractivity contribution in [1.29, 1.82) is 0 Å². The predicted octanol–water partition coefficient (Wildman–Crippen LogP) is 3.42. The molecule has 0 fully saturated rings. The molecule has 7 nitrogen and oxygen atoms in total. The number of nitrogens with one attached hydrogen (secondary N) is 2. The molecular formula is C20H20ClN5O2. The lowest BCUT2D eigenvalue weighted by atomic mass is 9.95. The molecule has 0 radical (unpaired) electrons. The van der Waals surface area contributed by atoms with E-state index < -0.39 is 6.04 Å². The molecule has 0 spiro atoms. The van der Waals surface area contributed by atoms with E-state index >= 15 is 0 Å². The molecular weight excluding hydrogens is 378 g/mol. The quantitative estimate of drug-likeness (QED) is 0.586. The standard InChI is InChI=1S/C20H20ClN5O2/c1-10(2)17(19(27)25-12-5-3-4-11(22)6-12)26-9-14-15(21)8-24-18-16(14)13(7-23-18)20(26)28/h3-8,10,17H,9,22H2,1-2H3,(H,23,24)(H,25,27)/t17-/m1/s1. The van der Waals surface area contributed by atoms with Gasteiger partial charge in [0.15, 0.2) is 0 Å². The number of aromatic amines is 1. The number of carbonyl (C=O) groups is 2. The average Bonchev–Trinajstić information content (AvgIpc) is 3.06. The summed E-state index contributed by atoms with van der Waals surface area (Å²) >= 11 is 6.36. The Bertz CT molecular complexity index is 1090. The van der Waals surface area contributed by atoms with Crippen LogP contribution in [0.15, 0.2) is 36.7 Å². The lowest BCUT2D eigenvalue weighted by Crippen LogP contribution is -2.51. The van der Waals surface area contributed by atoms with E-state index in [9.17, 15) is 9.59 Å². The van der Waals surface area contributed by atoms with E-state index in [1.807, 2.05) is 13.8 Å². The molecule has 0 unspecified atom stereocenters. The first kappa shape index (κ1) is 18.3. The van der Waals surface area contributed by atoms with Crippen molar-refractivity contribution in [2.24, 2.45) is 5.92 Å². The lowest BCUT2D eigenvalue weighted by Gasteiger charge is -2.36. The molecule has 2 aromatic heterocycles. The molecule has 2 amide bonds. The van der Waals surface area contributed by atoms with E-state index in [2.05, 4.69) is 15.3 Å². The molecule has 28 heavy (non-hydrogen) atoms. The van der Waals surface area contributed by atoms with Crippen molar-refractivity contribution in [3.8, 4) is 0 Å². The van der Waals surface area contributed by atoms with Crippen LogP contribution >= 0.6 is 11.6 Å². The molecule has 1 aliphatic rings. The van der Waals surface area contributed by atoms with Gasteiger partial charge in [-0.05, 0) is 24.1 Å². The lowest BCUT2D eigenvalue weighted by molar-refractivity contribution is -0.122. The van der Waals surface area contributed by atoms with Crippen molar-refractivity contribution in [2.45, 2.75) is 26.4 Å². The number of nitrogens with two attached hydrogens (primary N) is 1. The molecule has 4 N–H and O–H groups in total. The number of hydrogen-bond acceptors (Lipinski definition) is 4. The van der Waals surface area contributed by atoms with Crippen LogP contribution in [0.4, 0.5) is 11.4 Å². The maximum absolute atomic E-state index is 13.2. The molecule has 4 rings (SSSR count). The van der Waals surface area contributed by atoms with Crippen molar-refractivity contribution in [3.05, 3.63) is 52.8 Å². The van der Waals surface area contributed by atoms with Gasteiger partial charge < -0.3 is 20.9 Å². The summed E-state index contributed by atoms with van der Waals surface area (Å²) in [4.78, 5) is 35.1. The summed E-state index contributed by atoms with van der Waals surface area (Å²) in [6, 6.07) is 6.28. The second-order valence-electron chi connectivity index (χ2n) is 7.25. The van der Waals surface area contributed by atoms with Crippen LogP contribution in [0.1, 0.15) is 29.8 Å². The Morgan fingerprint density at radius 3 is 2.89 bits per heavy atom. The number of carbonyl (C=O) groups excluding carboxylic acids is 2. The number of H-pyrrole nitrogens is 1. The van der Waals surface area contributed by atoms with Crippen molar-refractivity contribution in [1.82, 2.24) is 14.9 Å². The Labute approximate surface area is 166 Å². The third-order valence-corrected chi connectivity index (χ3v) is 5.29. The van der Waals surface area contributed by atoms with Gasteiger partial charge in [-0.15, -0.1) is 0 Å². The van der Waals surface area contributed by atoms with Crippen LogP contribution in [-0.4, -0.2) is 32.7 Å². The first-order chi connectivity index (χ1) is 13.4. The molecule has 8 heteroatoms. The minimum atomic E-state index is -0.670. The van der Waals surface area contributed by atoms with Gasteiger partial charge in [0.1, 0.15) is 11.7 Å². The first-order valence-corrected chi connectivity index (χ1v) is 9.36. The summed E-state index contributed by atoms with van der Waals surface area (Å²) < 4.78 is 0. The summed E-state index contributed by atoms with van der Waals surface area (Å²) in [6.07, 6.45) is 3.18. The van der Waals surface area contributed by atoms with Gasteiger partial charge >= 0.3 is 0 Å². The van der Waals surface area contributed by atoms with Gasteiger partial charge in [0, 0.05) is 41.3 Å². The summed E-state index contributed by atoms with van der Waals surface area (Å²) in [6.45, 7) is 4.06. The van der Waals surface area contributed by atoms with Crippen LogP contribution in [0, 0.1) is 5.92 Å². The molecule has 1 atom stereocenters. The summed E-state index contributed by atoms with van der Waals surface area (Å²) in [5.41, 5.74) is 8.83. The fourth-order valence-corrected chi connectivity index (χ4v) is 3.92. The molecule has 0 bridgehead atoms. The van der Waals surface area contributed by atoms with E-state index in [0.29, 0.717) is 27.6 Å². The predicted molar refractivity (Wildman–Crippen MR) is 109 cm³/mol. The molecule has 3 aromatic rings. The minimum absolute atomic E-state index is 0.110. The number of anilines is 2. The smallest absolute Gasteiger partial charge is 0.257 e. The van der Waals surface area contributed by atoms with Crippen LogP contribution in [0.5, 0.6) is 0 Å². The highest BCUT2D eigenvalue weighted by Gasteiger charge is 2.38. The maximum Gasteiger partial charge on any atom is 0.257 e. The van der Waals surface area contributed by atoms with Gasteiger partial charge in [-0.2, -0.15) is 0 Å². The van der Waals surface area contributed by atoms with Crippen LogP contribution in [0.25, 0.3) is 11.0 Å². The molecule has 1 aromatic carbocycles. The Balaban J connectivity index is 1.70. The van der Waals surface area contributed by atoms with E-state index in [-0.39, 0.29) is 24.3 Å². The summed E-state index contributed by atoms with van der Waals surface area (Å²) in [5.74, 6) is -0.597. The van der Waals surface area contributed by atoms with Crippen LogP contribution < -0.4 is 11.1 Å². The monoisotopic (exact) mass is 397 g/mol. The Morgan fingerprint density at radius 2 is 2.18 bits per heavy atom. The first-order valence-electron chi connectivity index (χ1n) is 8.98. The Kier molecular flexibility index (Phi) is 4.47. The maximum atomic E-state index is 13.2. The number of amides is 2. The second kappa shape index (κ2) is 6.83. The molecule has 144 valence electrons. The number of rotatable bonds is 4. The topological polar surface area (TPSA) is 104 Å². The largest absolute Gasteiger partial charge is 0.399 e. The fraction of sp³-hybridized carbons (Fsp3) is 0.250. The number of hydrogen-bond donors (Lipinski definition) is 3. The number of benzene rings is 1. The zero-order chi connectivity index (χ0) is 20.0. The third-order valence-electron chi connectivity index (χ3n) is 4.97. The zero-order valence-electron chi connectivity index (χ0n) is 15.5. The molecule has 3 heterocycles. The van der Waals surface area contributed by atoms with Crippen molar-refractivity contribution in [3.63, 3.8) is 0 Å². The van der Waals surface area contributed by atoms with E-state index in [1.165, 1.54) is 0 Å².